The van der Waals surface area contributed by atoms with E-state index in [4.69, 9.17) is 11.6 Å². The Labute approximate surface area is 60.8 Å². The quantitative estimate of drug-likeness (QED) is 0.604. The molecule has 0 aliphatic heterocycles. The number of nitrogens with one attached hydrogen (secondary N) is 1. The fraction of sp³-hybridized carbons (Fsp3) is 0.400. The Balaban J connectivity index is 2.94. The fourth-order valence-electron chi connectivity index (χ4n) is 0.691. The molecule has 0 atom stereocenters. The summed E-state index contributed by atoms with van der Waals surface area (Å²) in [6.45, 7) is 4.39. The Morgan fingerprint density at radius 2 is 2.33 bits per heavy atom. The molecule has 0 radical (unpaired) electrons. The van der Waals surface area contributed by atoms with Crippen molar-refractivity contribution in [3.63, 3.8) is 0 Å². The van der Waals surface area contributed by atoms with Gasteiger partial charge in [0.2, 0.25) is 0 Å². The van der Waals surface area contributed by atoms with E-state index in [1.165, 1.54) is 0 Å². The van der Waals surface area contributed by atoms with Crippen molar-refractivity contribution in [2.75, 3.05) is 0 Å². The highest BCUT2D eigenvalue weighted by Gasteiger charge is 2.06. The van der Waals surface area contributed by atoms with Crippen LogP contribution in [-0.2, 0) is 0 Å². The van der Waals surface area contributed by atoms with Gasteiger partial charge in [-0.05, 0) is 0 Å². The van der Waals surface area contributed by atoms with Crippen molar-refractivity contribution < 1.29 is 0 Å². The first-order valence-corrected chi connectivity index (χ1v) is 6.17. The van der Waals surface area contributed by atoms with Gasteiger partial charge in [-0.25, -0.2) is 0 Å². The highest BCUT2D eigenvalue weighted by Crippen LogP contribution is 2.00. The van der Waals surface area contributed by atoms with Gasteiger partial charge in [0, 0.05) is 6.20 Å². The predicted molar refractivity (Wildman–Crippen MR) is 42.1 cm³/mol. The molecule has 1 heterocycles. The fourth-order valence-corrected chi connectivity index (χ4v) is 2.40. The molecule has 1 N–H and O–H groups in total. The van der Waals surface area contributed by atoms with E-state index in [-0.39, 0.29) is 0 Å². The van der Waals surface area contributed by atoms with Crippen molar-refractivity contribution in [2.24, 2.45) is 0 Å². The second kappa shape index (κ2) is 2.54. The molecule has 0 fully saturated rings. The molecule has 50 valence electrons. The van der Waals surface area contributed by atoms with E-state index < -0.39 is 8.80 Å². The molecule has 4 heteroatoms. The van der Waals surface area contributed by atoms with E-state index in [1.807, 2.05) is 0 Å². The van der Waals surface area contributed by atoms with Gasteiger partial charge in [-0.15, -0.1) is 0 Å². The highest BCUT2D eigenvalue weighted by atomic mass is 35.5. The lowest BCUT2D eigenvalue weighted by Crippen LogP contribution is -2.24. The second-order valence-corrected chi connectivity index (χ2v) is 5.54. The number of halogens is 1. The average molecular weight is 161 g/mol. The van der Waals surface area contributed by atoms with Crippen molar-refractivity contribution in [2.45, 2.75) is 13.1 Å². The van der Waals surface area contributed by atoms with E-state index in [0.717, 1.165) is 10.3 Å². The number of aromatic nitrogens is 2. The SMILES string of the molecule is C[SiH](C)c1n[nH]cc1Cl. The Kier molecular flexibility index (Phi) is 1.93. The van der Waals surface area contributed by atoms with Crippen LogP contribution in [0.25, 0.3) is 0 Å². The van der Waals surface area contributed by atoms with Crippen LogP contribution in [0.1, 0.15) is 0 Å². The summed E-state index contributed by atoms with van der Waals surface area (Å²) in [7, 11) is -0.794. The summed E-state index contributed by atoms with van der Waals surface area (Å²) in [4.78, 5) is 0. The topological polar surface area (TPSA) is 28.7 Å². The molecule has 9 heavy (non-hydrogen) atoms. The summed E-state index contributed by atoms with van der Waals surface area (Å²) < 4.78 is 0. The minimum atomic E-state index is -0.794. The van der Waals surface area contributed by atoms with Gasteiger partial charge >= 0.3 is 0 Å². The molecule has 0 spiro atoms. The molecule has 0 bridgehead atoms. The molecule has 0 aliphatic rings. The van der Waals surface area contributed by atoms with Crippen LogP contribution in [-0.4, -0.2) is 19.0 Å². The van der Waals surface area contributed by atoms with Crippen LogP contribution in [0.2, 0.25) is 18.1 Å². The van der Waals surface area contributed by atoms with Gasteiger partial charge in [0.05, 0.1) is 19.1 Å². The summed E-state index contributed by atoms with van der Waals surface area (Å²) in [5.41, 5.74) is 0. The molecular formula is C5H9ClN2Si. The number of aromatic amines is 1. The minimum absolute atomic E-state index is 0.789. The predicted octanol–water partition coefficient (Wildman–Crippen LogP) is 0.757. The van der Waals surface area contributed by atoms with E-state index in [0.29, 0.717) is 0 Å². The molecule has 0 saturated heterocycles. The third kappa shape index (κ3) is 1.34. The van der Waals surface area contributed by atoms with Crippen LogP contribution in [0.5, 0.6) is 0 Å². The third-order valence-corrected chi connectivity index (χ3v) is 3.19. The molecule has 1 aromatic heterocycles. The summed E-state index contributed by atoms with van der Waals surface area (Å²) in [6.07, 6.45) is 1.73. The number of hydrogen-bond donors (Lipinski definition) is 1. The lowest BCUT2D eigenvalue weighted by molar-refractivity contribution is 1.11. The Morgan fingerprint density at radius 3 is 2.56 bits per heavy atom. The van der Waals surface area contributed by atoms with Gasteiger partial charge in [-0.3, -0.25) is 5.10 Å². The zero-order valence-corrected chi connectivity index (χ0v) is 7.39. The van der Waals surface area contributed by atoms with E-state index >= 15 is 0 Å². The van der Waals surface area contributed by atoms with Crippen molar-refractivity contribution in [3.05, 3.63) is 11.2 Å². The van der Waals surface area contributed by atoms with Crippen LogP contribution >= 0.6 is 11.6 Å². The number of rotatable bonds is 1. The van der Waals surface area contributed by atoms with E-state index in [1.54, 1.807) is 6.20 Å². The summed E-state index contributed by atoms with van der Waals surface area (Å²) in [5.74, 6) is 0. The largest absolute Gasteiger partial charge is 0.284 e. The standard InChI is InChI=1S/C5H9ClN2Si/c1-9(2)5-4(6)3-7-8-5/h3,9H,1-2H3,(H,7,8). The van der Waals surface area contributed by atoms with Crippen LogP contribution in [0.15, 0.2) is 6.20 Å². The molecule has 0 aliphatic carbocycles. The molecule has 0 saturated carbocycles. The first-order valence-electron chi connectivity index (χ1n) is 2.91. The van der Waals surface area contributed by atoms with E-state index in [9.17, 15) is 0 Å². The molecule has 0 amide bonds. The van der Waals surface area contributed by atoms with Crippen LogP contribution < -0.4 is 5.32 Å². The smallest absolute Gasteiger partial charge is 0.0928 e. The molecule has 1 aromatic rings. The molecule has 1 rings (SSSR count). The zero-order valence-electron chi connectivity index (χ0n) is 5.48. The van der Waals surface area contributed by atoms with Gasteiger partial charge < -0.3 is 0 Å². The maximum Gasteiger partial charge on any atom is 0.0928 e. The van der Waals surface area contributed by atoms with Gasteiger partial charge in [0.1, 0.15) is 0 Å². The third-order valence-electron chi connectivity index (χ3n) is 1.17. The monoisotopic (exact) mass is 160 g/mol. The number of H-pyrrole nitrogens is 1. The Bertz CT molecular complexity index is 197. The van der Waals surface area contributed by atoms with Crippen molar-refractivity contribution in [3.8, 4) is 0 Å². The molecule has 2 nitrogen and oxygen atoms in total. The van der Waals surface area contributed by atoms with E-state index in [2.05, 4.69) is 23.3 Å². The lowest BCUT2D eigenvalue weighted by Gasteiger charge is -1.95. The molecular weight excluding hydrogens is 152 g/mol. The minimum Gasteiger partial charge on any atom is -0.284 e. The second-order valence-electron chi connectivity index (χ2n) is 2.27. The van der Waals surface area contributed by atoms with Gasteiger partial charge in [-0.1, -0.05) is 24.7 Å². The van der Waals surface area contributed by atoms with Crippen molar-refractivity contribution in [1.82, 2.24) is 10.2 Å². The maximum absolute atomic E-state index is 5.78. The van der Waals surface area contributed by atoms with Crippen molar-refractivity contribution >= 4 is 25.7 Å². The molecule has 0 unspecified atom stereocenters. The number of hydrogen-bond acceptors (Lipinski definition) is 1. The first kappa shape index (κ1) is 6.83. The summed E-state index contributed by atoms with van der Waals surface area (Å²) in [6, 6.07) is 0. The van der Waals surface area contributed by atoms with Gasteiger partial charge in [-0.2, -0.15) is 5.10 Å². The van der Waals surface area contributed by atoms with Crippen LogP contribution in [0, 0.1) is 0 Å². The zero-order chi connectivity index (χ0) is 6.85. The highest BCUT2D eigenvalue weighted by molar-refractivity contribution is 6.72. The van der Waals surface area contributed by atoms with Crippen LogP contribution in [0.4, 0.5) is 0 Å². The Morgan fingerprint density at radius 1 is 1.67 bits per heavy atom. The van der Waals surface area contributed by atoms with Gasteiger partial charge in [0.25, 0.3) is 0 Å². The maximum atomic E-state index is 5.78. The van der Waals surface area contributed by atoms with Crippen molar-refractivity contribution in [1.29, 1.82) is 0 Å². The Hall–Kier alpha value is -0.283. The average Bonchev–Trinajstić information content (AvgIpc) is 2.13. The first-order chi connectivity index (χ1) is 4.22. The lowest BCUT2D eigenvalue weighted by atomic mass is 10.7. The normalized spacial score (nSPS) is 10.7. The summed E-state index contributed by atoms with van der Waals surface area (Å²) >= 11 is 5.78. The van der Waals surface area contributed by atoms with Gasteiger partial charge in [0.15, 0.2) is 0 Å². The summed E-state index contributed by atoms with van der Waals surface area (Å²) in [5, 5.41) is 8.62. The van der Waals surface area contributed by atoms with Crippen LogP contribution in [0.3, 0.4) is 0 Å². The molecule has 0 aromatic carbocycles. The number of nitrogens with zero attached hydrogens (tertiary/aromatic N) is 1.